The third kappa shape index (κ3) is 4.13. The average molecular weight is 423 g/mol. The number of aromatic amines is 1. The molecule has 3 aromatic heterocycles. The van der Waals surface area contributed by atoms with E-state index >= 15 is 0 Å². The highest BCUT2D eigenvalue weighted by Gasteiger charge is 2.11. The number of H-pyrrole nitrogens is 1. The van der Waals surface area contributed by atoms with Gasteiger partial charge in [0.1, 0.15) is 12.3 Å². The van der Waals surface area contributed by atoms with Gasteiger partial charge in [-0.3, -0.25) is 4.98 Å². The summed E-state index contributed by atoms with van der Waals surface area (Å²) in [5, 5.41) is 10.6. The molecule has 0 saturated heterocycles. The Morgan fingerprint density at radius 1 is 1.06 bits per heavy atom. The van der Waals surface area contributed by atoms with Gasteiger partial charge in [-0.05, 0) is 30.7 Å². The highest BCUT2D eigenvalue weighted by molar-refractivity contribution is 6.07. The Labute approximate surface area is 184 Å². The Bertz CT molecular complexity index is 1430. The first-order valence-electron chi connectivity index (χ1n) is 10.3. The van der Waals surface area contributed by atoms with Gasteiger partial charge in [0, 0.05) is 22.4 Å². The van der Waals surface area contributed by atoms with Gasteiger partial charge in [-0.25, -0.2) is 9.48 Å². The summed E-state index contributed by atoms with van der Waals surface area (Å²) in [6, 6.07) is 19.9. The number of benzene rings is 2. The number of carbonyl (C=O) groups excluding carboxylic acids is 1. The second-order valence-corrected chi connectivity index (χ2v) is 7.55. The minimum atomic E-state index is -0.425. The first-order chi connectivity index (χ1) is 15.7. The molecule has 3 heterocycles. The fourth-order valence-corrected chi connectivity index (χ4v) is 3.72. The van der Waals surface area contributed by atoms with Gasteiger partial charge in [0.2, 0.25) is 0 Å². The van der Waals surface area contributed by atoms with Crippen molar-refractivity contribution in [1.82, 2.24) is 25.0 Å². The Morgan fingerprint density at radius 2 is 1.88 bits per heavy atom. The molecule has 0 aliphatic heterocycles. The van der Waals surface area contributed by atoms with E-state index in [0.29, 0.717) is 12.2 Å². The van der Waals surface area contributed by atoms with E-state index in [-0.39, 0.29) is 6.61 Å². The molecule has 0 bridgehead atoms. The first kappa shape index (κ1) is 19.7. The molecule has 7 nitrogen and oxygen atoms in total. The molecule has 0 aliphatic rings. The van der Waals surface area contributed by atoms with Crippen LogP contribution in [0.25, 0.3) is 27.9 Å². The number of hydrogen-bond donors (Lipinski definition) is 1. The molecule has 158 valence electrons. The van der Waals surface area contributed by atoms with Crippen molar-refractivity contribution in [2.75, 3.05) is 0 Å². The highest BCUT2D eigenvalue weighted by atomic mass is 16.5. The number of aryl methyl sites for hydroxylation is 1. The molecule has 32 heavy (non-hydrogen) atoms. The zero-order valence-electron chi connectivity index (χ0n) is 17.5. The molecule has 2 aromatic carbocycles. The van der Waals surface area contributed by atoms with E-state index in [1.807, 2.05) is 49.4 Å². The quantitative estimate of drug-likeness (QED) is 0.323. The maximum Gasteiger partial charge on any atom is 0.331 e. The van der Waals surface area contributed by atoms with E-state index < -0.39 is 5.97 Å². The standard InChI is InChI=1S/C25H21N5O2/c1-17-25-22(21-9-5-6-10-23(21)27-25)13-19(26-17)14-30-15-20(28-29-30)16-32-24(31)12-11-18-7-3-2-4-8-18/h2-13,15,27H,14,16H2,1H3/b12-11+. The van der Waals surface area contributed by atoms with Crippen LogP contribution in [0.15, 0.2) is 72.9 Å². The largest absolute Gasteiger partial charge is 0.456 e. The van der Waals surface area contributed by atoms with Gasteiger partial charge >= 0.3 is 5.97 Å². The van der Waals surface area contributed by atoms with E-state index in [9.17, 15) is 4.79 Å². The number of hydrogen-bond acceptors (Lipinski definition) is 5. The number of para-hydroxylation sites is 1. The fraction of sp³-hybridized carbons (Fsp3) is 0.120. The van der Waals surface area contributed by atoms with Gasteiger partial charge in [0.15, 0.2) is 0 Å². The zero-order chi connectivity index (χ0) is 21.9. The van der Waals surface area contributed by atoms with Gasteiger partial charge in [-0.2, -0.15) is 0 Å². The predicted molar refractivity (Wildman–Crippen MR) is 123 cm³/mol. The number of aromatic nitrogens is 5. The van der Waals surface area contributed by atoms with Crippen LogP contribution < -0.4 is 0 Å². The number of nitrogens with one attached hydrogen (secondary N) is 1. The molecule has 0 fully saturated rings. The Morgan fingerprint density at radius 3 is 2.75 bits per heavy atom. The molecule has 0 atom stereocenters. The van der Waals surface area contributed by atoms with Crippen LogP contribution in [0.1, 0.15) is 22.6 Å². The van der Waals surface area contributed by atoms with Crippen LogP contribution in [0.3, 0.4) is 0 Å². The number of rotatable bonds is 6. The number of fused-ring (bicyclic) bond motifs is 3. The Kier molecular flexibility index (Phi) is 5.21. The van der Waals surface area contributed by atoms with Crippen LogP contribution in [-0.2, 0) is 22.7 Å². The molecule has 0 saturated carbocycles. The van der Waals surface area contributed by atoms with Gasteiger partial charge in [-0.1, -0.05) is 53.7 Å². The molecule has 0 radical (unpaired) electrons. The summed E-state index contributed by atoms with van der Waals surface area (Å²) in [5.41, 5.74) is 5.48. The highest BCUT2D eigenvalue weighted by Crippen LogP contribution is 2.27. The van der Waals surface area contributed by atoms with E-state index in [0.717, 1.165) is 33.4 Å². The third-order valence-corrected chi connectivity index (χ3v) is 5.21. The molecule has 5 aromatic rings. The smallest absolute Gasteiger partial charge is 0.331 e. The lowest BCUT2D eigenvalue weighted by molar-refractivity contribution is -0.139. The number of esters is 1. The molecule has 0 aliphatic carbocycles. The Balaban J connectivity index is 1.26. The van der Waals surface area contributed by atoms with Crippen LogP contribution in [0.5, 0.6) is 0 Å². The molecule has 1 N–H and O–H groups in total. The molecular weight excluding hydrogens is 402 g/mol. The first-order valence-corrected chi connectivity index (χ1v) is 10.3. The van der Waals surface area contributed by atoms with E-state index in [1.165, 1.54) is 11.5 Å². The summed E-state index contributed by atoms with van der Waals surface area (Å²) in [4.78, 5) is 20.1. The molecular formula is C25H21N5O2. The fourth-order valence-electron chi connectivity index (χ4n) is 3.72. The molecule has 5 rings (SSSR count). The second kappa shape index (κ2) is 8.47. The Hall–Kier alpha value is -4.26. The maximum absolute atomic E-state index is 12.0. The lowest BCUT2D eigenvalue weighted by Crippen LogP contribution is -2.04. The van der Waals surface area contributed by atoms with Crippen LogP contribution in [-0.4, -0.2) is 30.9 Å². The van der Waals surface area contributed by atoms with E-state index in [1.54, 1.807) is 17.0 Å². The van der Waals surface area contributed by atoms with Crippen molar-refractivity contribution < 1.29 is 9.53 Å². The number of pyridine rings is 1. The van der Waals surface area contributed by atoms with Crippen molar-refractivity contribution in [3.05, 3.63) is 95.6 Å². The minimum absolute atomic E-state index is 0.0614. The molecule has 0 unspecified atom stereocenters. The van der Waals surface area contributed by atoms with Crippen molar-refractivity contribution in [2.24, 2.45) is 0 Å². The number of ether oxygens (including phenoxy) is 1. The van der Waals surface area contributed by atoms with Crippen molar-refractivity contribution >= 4 is 33.9 Å². The van der Waals surface area contributed by atoms with Gasteiger partial charge in [-0.15, -0.1) is 5.10 Å². The monoisotopic (exact) mass is 423 g/mol. The van der Waals surface area contributed by atoms with E-state index in [2.05, 4.69) is 33.5 Å². The van der Waals surface area contributed by atoms with Crippen molar-refractivity contribution in [1.29, 1.82) is 0 Å². The topological polar surface area (TPSA) is 85.7 Å². The summed E-state index contributed by atoms with van der Waals surface area (Å²) in [7, 11) is 0. The summed E-state index contributed by atoms with van der Waals surface area (Å²) >= 11 is 0. The second-order valence-electron chi connectivity index (χ2n) is 7.55. The average Bonchev–Trinajstić information content (AvgIpc) is 3.42. The molecule has 0 spiro atoms. The lowest BCUT2D eigenvalue weighted by atomic mass is 10.1. The summed E-state index contributed by atoms with van der Waals surface area (Å²) in [6.45, 7) is 2.54. The minimum Gasteiger partial charge on any atom is -0.456 e. The summed E-state index contributed by atoms with van der Waals surface area (Å²) in [6.07, 6.45) is 4.89. The summed E-state index contributed by atoms with van der Waals surface area (Å²) < 4.78 is 6.97. The van der Waals surface area contributed by atoms with Crippen molar-refractivity contribution in [3.8, 4) is 0 Å². The SMILES string of the molecule is Cc1nc(Cn2cc(COC(=O)/C=C/c3ccccc3)nn2)cc2c1[nH]c1ccccc12. The third-order valence-electron chi connectivity index (χ3n) is 5.21. The molecule has 7 heteroatoms. The predicted octanol–water partition coefficient (Wildman–Crippen LogP) is 4.42. The zero-order valence-corrected chi connectivity index (χ0v) is 17.5. The molecule has 0 amide bonds. The van der Waals surface area contributed by atoms with Crippen molar-refractivity contribution in [2.45, 2.75) is 20.1 Å². The normalized spacial score (nSPS) is 11.5. The van der Waals surface area contributed by atoms with Crippen LogP contribution >= 0.6 is 0 Å². The van der Waals surface area contributed by atoms with Crippen LogP contribution in [0, 0.1) is 6.92 Å². The van der Waals surface area contributed by atoms with Crippen LogP contribution in [0.2, 0.25) is 0 Å². The lowest BCUT2D eigenvalue weighted by Gasteiger charge is -2.04. The number of carbonyl (C=O) groups is 1. The maximum atomic E-state index is 12.0. The van der Waals surface area contributed by atoms with Crippen molar-refractivity contribution in [3.63, 3.8) is 0 Å². The van der Waals surface area contributed by atoms with Gasteiger partial charge < -0.3 is 9.72 Å². The van der Waals surface area contributed by atoms with E-state index in [4.69, 9.17) is 9.72 Å². The number of nitrogens with zero attached hydrogens (tertiary/aromatic N) is 4. The van der Waals surface area contributed by atoms with Crippen LogP contribution in [0.4, 0.5) is 0 Å². The summed E-state index contributed by atoms with van der Waals surface area (Å²) in [5.74, 6) is -0.425. The van der Waals surface area contributed by atoms with Gasteiger partial charge in [0.05, 0.1) is 29.6 Å². The van der Waals surface area contributed by atoms with Gasteiger partial charge in [0.25, 0.3) is 0 Å².